The fraction of sp³-hybridized carbons (Fsp3) is 0.125. The van der Waals surface area contributed by atoms with E-state index < -0.39 is 29.1 Å². The average Bonchev–Trinajstić information content (AvgIpc) is 2.78. The lowest BCUT2D eigenvalue weighted by Gasteiger charge is -2.17. The van der Waals surface area contributed by atoms with E-state index in [2.05, 4.69) is 0 Å². The predicted molar refractivity (Wildman–Crippen MR) is 75.2 cm³/mol. The maximum Gasteiger partial charge on any atom is 0.266 e. The van der Waals surface area contributed by atoms with Gasteiger partial charge in [-0.05, 0) is 19.1 Å². The quantitative estimate of drug-likeness (QED) is 0.801. The van der Waals surface area contributed by atoms with Crippen molar-refractivity contribution in [3.8, 4) is 5.75 Å². The third-order valence-corrected chi connectivity index (χ3v) is 3.64. The number of amides is 2. The van der Waals surface area contributed by atoms with Crippen LogP contribution >= 0.6 is 0 Å². The van der Waals surface area contributed by atoms with E-state index in [-0.39, 0.29) is 22.4 Å². The van der Waals surface area contributed by atoms with Crippen LogP contribution < -0.4 is 9.64 Å². The maximum atomic E-state index is 14.2. The number of rotatable bonds is 2. The summed E-state index contributed by atoms with van der Waals surface area (Å²) in [6, 6.07) is 7.28. The van der Waals surface area contributed by atoms with Gasteiger partial charge in [-0.2, -0.15) is 0 Å². The van der Waals surface area contributed by atoms with Gasteiger partial charge < -0.3 is 4.74 Å². The smallest absolute Gasteiger partial charge is 0.266 e. The molecule has 2 aromatic rings. The monoisotopic (exact) mass is 303 g/mol. The fourth-order valence-electron chi connectivity index (χ4n) is 2.46. The first-order valence-electron chi connectivity index (χ1n) is 6.47. The number of methoxy groups -OCH3 is 1. The van der Waals surface area contributed by atoms with Crippen molar-refractivity contribution in [1.29, 1.82) is 0 Å². The zero-order valence-electron chi connectivity index (χ0n) is 11.8. The van der Waals surface area contributed by atoms with Crippen molar-refractivity contribution in [2.45, 2.75) is 6.92 Å². The van der Waals surface area contributed by atoms with Gasteiger partial charge in [-0.25, -0.2) is 13.7 Å². The van der Waals surface area contributed by atoms with Crippen molar-refractivity contribution in [3.05, 3.63) is 58.7 Å². The third kappa shape index (κ3) is 1.80. The van der Waals surface area contributed by atoms with Crippen LogP contribution in [0.3, 0.4) is 0 Å². The molecule has 0 spiro atoms. The van der Waals surface area contributed by atoms with E-state index in [1.54, 1.807) is 12.1 Å². The van der Waals surface area contributed by atoms with Crippen LogP contribution in [0, 0.1) is 18.6 Å². The highest BCUT2D eigenvalue weighted by molar-refractivity contribution is 6.34. The summed E-state index contributed by atoms with van der Waals surface area (Å²) in [5, 5.41) is 0. The van der Waals surface area contributed by atoms with Gasteiger partial charge in [0.1, 0.15) is 5.75 Å². The Morgan fingerprint density at radius 2 is 1.55 bits per heavy atom. The number of fused-ring (bicyclic) bond motifs is 1. The van der Waals surface area contributed by atoms with Gasteiger partial charge in [-0.1, -0.05) is 12.1 Å². The number of ether oxygens (including phenoxy) is 1. The molecular formula is C16H11F2NO3. The van der Waals surface area contributed by atoms with Crippen LogP contribution in [0.1, 0.15) is 26.3 Å². The van der Waals surface area contributed by atoms with Gasteiger partial charge in [0.05, 0.1) is 23.9 Å². The zero-order chi connectivity index (χ0) is 16.0. The second-order valence-electron chi connectivity index (χ2n) is 4.84. The minimum atomic E-state index is -1.26. The number of hydrogen-bond acceptors (Lipinski definition) is 3. The molecule has 0 N–H and O–H groups in total. The molecular weight excluding hydrogens is 292 g/mol. The summed E-state index contributed by atoms with van der Waals surface area (Å²) in [4.78, 5) is 25.3. The summed E-state index contributed by atoms with van der Waals surface area (Å²) in [6.45, 7) is 1.35. The average molecular weight is 303 g/mol. The van der Waals surface area contributed by atoms with E-state index in [9.17, 15) is 18.4 Å². The van der Waals surface area contributed by atoms with Crippen molar-refractivity contribution in [2.24, 2.45) is 0 Å². The molecule has 22 heavy (non-hydrogen) atoms. The maximum absolute atomic E-state index is 14.2. The van der Waals surface area contributed by atoms with Gasteiger partial charge in [0, 0.05) is 11.6 Å². The predicted octanol–water partition coefficient (Wildman–Crippen LogP) is 3.08. The number of imide groups is 1. The minimum absolute atomic E-state index is 0.0274. The molecule has 0 saturated heterocycles. The first-order valence-corrected chi connectivity index (χ1v) is 6.47. The molecule has 1 aliphatic heterocycles. The van der Waals surface area contributed by atoms with Gasteiger partial charge in [0.15, 0.2) is 11.6 Å². The van der Waals surface area contributed by atoms with Crippen LogP contribution in [-0.2, 0) is 0 Å². The number of halogens is 2. The molecule has 2 amide bonds. The topological polar surface area (TPSA) is 46.6 Å². The number of nitrogens with zero attached hydrogens (tertiary/aromatic N) is 1. The molecule has 3 rings (SSSR count). The van der Waals surface area contributed by atoms with Crippen molar-refractivity contribution in [2.75, 3.05) is 12.0 Å². The molecule has 0 aromatic heterocycles. The normalized spacial score (nSPS) is 13.5. The van der Waals surface area contributed by atoms with E-state index in [0.29, 0.717) is 4.90 Å². The lowest BCUT2D eigenvalue weighted by atomic mass is 10.1. The first-order chi connectivity index (χ1) is 10.5. The molecule has 1 aliphatic rings. The molecule has 0 unspecified atom stereocenters. The molecule has 0 radical (unpaired) electrons. The highest BCUT2D eigenvalue weighted by Gasteiger charge is 2.38. The highest BCUT2D eigenvalue weighted by atomic mass is 19.2. The first kappa shape index (κ1) is 14.2. The van der Waals surface area contributed by atoms with Crippen LogP contribution in [0.15, 0.2) is 30.3 Å². The second kappa shape index (κ2) is 4.91. The van der Waals surface area contributed by atoms with Crippen LogP contribution in [0.5, 0.6) is 5.75 Å². The van der Waals surface area contributed by atoms with Gasteiger partial charge in [-0.15, -0.1) is 0 Å². The third-order valence-electron chi connectivity index (χ3n) is 3.64. The van der Waals surface area contributed by atoms with E-state index in [1.165, 1.54) is 26.2 Å². The Morgan fingerprint density at radius 1 is 1.00 bits per heavy atom. The van der Waals surface area contributed by atoms with Crippen LogP contribution in [-0.4, -0.2) is 18.9 Å². The standard InChI is InChI=1S/C16H11F2NO3/c1-8-12(22-2)7-11(14(18)13(8)17)19-15(20)9-5-3-4-6-10(9)16(19)21/h3-7H,1-2H3. The number of anilines is 1. The number of carbonyl (C=O) groups excluding carboxylic acids is 2. The lowest BCUT2D eigenvalue weighted by molar-refractivity contribution is 0.0924. The van der Waals surface area contributed by atoms with Crippen LogP contribution in [0.2, 0.25) is 0 Å². The van der Waals surface area contributed by atoms with E-state index in [4.69, 9.17) is 4.74 Å². The summed E-state index contributed by atoms with van der Waals surface area (Å²) in [5.74, 6) is -3.72. The Morgan fingerprint density at radius 3 is 2.05 bits per heavy atom. The van der Waals surface area contributed by atoms with Gasteiger partial charge in [0.2, 0.25) is 0 Å². The van der Waals surface area contributed by atoms with Crippen LogP contribution in [0.25, 0.3) is 0 Å². The number of benzene rings is 2. The molecule has 4 nitrogen and oxygen atoms in total. The Hall–Kier alpha value is -2.76. The lowest BCUT2D eigenvalue weighted by Crippen LogP contribution is -2.30. The number of carbonyl (C=O) groups is 2. The van der Waals surface area contributed by atoms with Crippen molar-refractivity contribution >= 4 is 17.5 Å². The molecule has 112 valence electrons. The van der Waals surface area contributed by atoms with Crippen molar-refractivity contribution < 1.29 is 23.1 Å². The molecule has 2 aromatic carbocycles. The van der Waals surface area contributed by atoms with Crippen LogP contribution in [0.4, 0.5) is 14.5 Å². The van der Waals surface area contributed by atoms with Gasteiger partial charge in [-0.3, -0.25) is 9.59 Å². The minimum Gasteiger partial charge on any atom is -0.496 e. The Balaban J connectivity index is 2.20. The highest BCUT2D eigenvalue weighted by Crippen LogP contribution is 2.35. The molecule has 0 saturated carbocycles. The van der Waals surface area contributed by atoms with E-state index in [0.717, 1.165) is 6.07 Å². The fourth-order valence-corrected chi connectivity index (χ4v) is 2.46. The SMILES string of the molecule is COc1cc(N2C(=O)c3ccccc3C2=O)c(F)c(F)c1C. The molecule has 0 aliphatic carbocycles. The molecule has 0 fully saturated rings. The Bertz CT molecular complexity index is 782. The second-order valence-corrected chi connectivity index (χ2v) is 4.84. The van der Waals surface area contributed by atoms with Crippen molar-refractivity contribution in [1.82, 2.24) is 0 Å². The van der Waals surface area contributed by atoms with Crippen molar-refractivity contribution in [3.63, 3.8) is 0 Å². The molecule has 0 bridgehead atoms. The Labute approximate surface area is 124 Å². The molecule has 6 heteroatoms. The largest absolute Gasteiger partial charge is 0.496 e. The molecule has 0 atom stereocenters. The summed E-state index contributed by atoms with van der Waals surface area (Å²) >= 11 is 0. The molecule has 1 heterocycles. The summed E-state index contributed by atoms with van der Waals surface area (Å²) < 4.78 is 33.2. The zero-order valence-corrected chi connectivity index (χ0v) is 11.8. The Kier molecular flexibility index (Phi) is 3.16. The van der Waals surface area contributed by atoms with Gasteiger partial charge >= 0.3 is 0 Å². The summed E-state index contributed by atoms with van der Waals surface area (Å²) in [5.41, 5.74) is -0.162. The summed E-state index contributed by atoms with van der Waals surface area (Å²) in [6.07, 6.45) is 0. The summed E-state index contributed by atoms with van der Waals surface area (Å²) in [7, 11) is 1.30. The van der Waals surface area contributed by atoms with Gasteiger partial charge in [0.25, 0.3) is 11.8 Å². The van der Waals surface area contributed by atoms with E-state index in [1.807, 2.05) is 0 Å². The van der Waals surface area contributed by atoms with E-state index >= 15 is 0 Å². The number of hydrogen-bond donors (Lipinski definition) is 0.